The van der Waals surface area contributed by atoms with E-state index in [1.54, 1.807) is 44.6 Å². The van der Waals surface area contributed by atoms with Gasteiger partial charge in [-0.1, -0.05) is 29.3 Å². The molecule has 2 aromatic rings. The molecule has 1 heterocycles. The van der Waals surface area contributed by atoms with Gasteiger partial charge in [0.1, 0.15) is 11.5 Å². The Morgan fingerprint density at radius 3 is 2.63 bits per heavy atom. The number of nitrogens with zero attached hydrogens (tertiary/aromatic N) is 1. The van der Waals surface area contributed by atoms with Crippen molar-refractivity contribution in [1.29, 1.82) is 0 Å². The van der Waals surface area contributed by atoms with Crippen LogP contribution in [0.1, 0.15) is 5.56 Å². The average Bonchev–Trinajstić information content (AvgIpc) is 2.98. The number of halogens is 3. The minimum Gasteiger partial charge on any atom is -0.496 e. The predicted molar refractivity (Wildman–Crippen MR) is 115 cm³/mol. The zero-order chi connectivity index (χ0) is 19.6. The summed E-state index contributed by atoms with van der Waals surface area (Å²) in [4.78, 5) is 17.2. The third kappa shape index (κ3) is 4.43. The van der Waals surface area contributed by atoms with Gasteiger partial charge in [0.25, 0.3) is 5.91 Å². The van der Waals surface area contributed by atoms with E-state index in [9.17, 15) is 4.79 Å². The van der Waals surface area contributed by atoms with Crippen molar-refractivity contribution in [3.63, 3.8) is 0 Å². The molecule has 1 N–H and O–H groups in total. The molecule has 5 nitrogen and oxygen atoms in total. The number of hydrogen-bond acceptors (Lipinski definition) is 5. The molecular formula is C18H13BrCl2N2O3S. The molecule has 0 unspecified atom stereocenters. The molecular weight excluding hydrogens is 475 g/mol. The van der Waals surface area contributed by atoms with E-state index in [2.05, 4.69) is 26.2 Å². The molecule has 2 aromatic carbocycles. The van der Waals surface area contributed by atoms with Crippen molar-refractivity contribution in [1.82, 2.24) is 5.32 Å². The number of ether oxygens (including phenoxy) is 2. The van der Waals surface area contributed by atoms with E-state index in [1.807, 2.05) is 6.07 Å². The number of rotatable bonds is 4. The Kier molecular flexibility index (Phi) is 6.37. The molecule has 3 rings (SSSR count). The third-order valence-corrected chi connectivity index (χ3v) is 5.93. The van der Waals surface area contributed by atoms with Crippen LogP contribution in [0.5, 0.6) is 11.5 Å². The number of amidine groups is 1. The van der Waals surface area contributed by atoms with Gasteiger partial charge in [-0.2, -0.15) is 0 Å². The number of carbonyl (C=O) groups is 1. The van der Waals surface area contributed by atoms with Crippen LogP contribution in [-0.2, 0) is 4.79 Å². The number of nitrogens with one attached hydrogen (secondary N) is 1. The average molecular weight is 488 g/mol. The summed E-state index contributed by atoms with van der Waals surface area (Å²) in [5.41, 5.74) is 1.21. The van der Waals surface area contributed by atoms with Gasteiger partial charge in [0.2, 0.25) is 0 Å². The molecule has 1 aliphatic rings. The number of aliphatic imine (C=N–C) groups is 1. The highest BCUT2D eigenvalue weighted by Crippen LogP contribution is 2.37. The van der Waals surface area contributed by atoms with Crippen LogP contribution in [-0.4, -0.2) is 25.3 Å². The maximum Gasteiger partial charge on any atom is 0.264 e. The van der Waals surface area contributed by atoms with Crippen LogP contribution < -0.4 is 14.8 Å². The van der Waals surface area contributed by atoms with E-state index in [0.29, 0.717) is 37.3 Å². The van der Waals surface area contributed by atoms with Crippen LogP contribution >= 0.6 is 50.9 Å². The SMILES string of the molecule is COc1cc(OC)c(/C=C2/SC(=Nc3cccc(Cl)c3Cl)NC2=O)cc1Br. The predicted octanol–water partition coefficient (Wildman–Crippen LogP) is 5.66. The molecule has 0 radical (unpaired) electrons. The van der Waals surface area contributed by atoms with E-state index < -0.39 is 0 Å². The first-order valence-corrected chi connectivity index (χ1v) is 9.94. The molecule has 140 valence electrons. The second-order valence-corrected chi connectivity index (χ2v) is 7.95. The third-order valence-electron chi connectivity index (χ3n) is 3.59. The highest BCUT2D eigenvalue weighted by molar-refractivity contribution is 9.10. The summed E-state index contributed by atoms with van der Waals surface area (Å²) < 4.78 is 11.4. The van der Waals surface area contributed by atoms with Gasteiger partial charge in [-0.3, -0.25) is 4.79 Å². The molecule has 1 aliphatic heterocycles. The van der Waals surface area contributed by atoms with Gasteiger partial charge in [-0.25, -0.2) is 4.99 Å². The van der Waals surface area contributed by atoms with Crippen LogP contribution in [0.15, 0.2) is 44.7 Å². The second kappa shape index (κ2) is 8.56. The number of thioether (sulfide) groups is 1. The normalized spacial score (nSPS) is 16.7. The van der Waals surface area contributed by atoms with Crippen LogP contribution in [0.2, 0.25) is 10.0 Å². The lowest BCUT2D eigenvalue weighted by molar-refractivity contribution is -0.115. The standard InChI is InChI=1S/C18H13BrCl2N2O3S/c1-25-13-8-14(26-2)10(19)6-9(13)7-15-17(24)23-18(27-15)22-12-5-3-4-11(20)16(12)21/h3-8H,1-2H3,(H,22,23,24)/b15-7+. The number of benzene rings is 2. The molecule has 0 aromatic heterocycles. The van der Waals surface area contributed by atoms with Gasteiger partial charge in [-0.05, 0) is 52.0 Å². The monoisotopic (exact) mass is 486 g/mol. The largest absolute Gasteiger partial charge is 0.496 e. The highest BCUT2D eigenvalue weighted by atomic mass is 79.9. The van der Waals surface area contributed by atoms with Crippen molar-refractivity contribution in [2.24, 2.45) is 4.99 Å². The van der Waals surface area contributed by atoms with Gasteiger partial charge in [0, 0.05) is 11.6 Å². The van der Waals surface area contributed by atoms with Crippen molar-refractivity contribution >= 4 is 73.7 Å². The summed E-state index contributed by atoms with van der Waals surface area (Å²) in [6.07, 6.45) is 1.73. The maximum atomic E-state index is 12.3. The maximum absolute atomic E-state index is 12.3. The summed E-state index contributed by atoms with van der Waals surface area (Å²) in [6.45, 7) is 0. The smallest absolute Gasteiger partial charge is 0.264 e. The minimum absolute atomic E-state index is 0.258. The van der Waals surface area contributed by atoms with Crippen LogP contribution in [0.3, 0.4) is 0 Å². The number of methoxy groups -OCH3 is 2. The van der Waals surface area contributed by atoms with E-state index in [4.69, 9.17) is 32.7 Å². The Hall–Kier alpha value is -1.67. The molecule has 1 fully saturated rings. The van der Waals surface area contributed by atoms with E-state index >= 15 is 0 Å². The molecule has 0 spiro atoms. The highest BCUT2D eigenvalue weighted by Gasteiger charge is 2.25. The lowest BCUT2D eigenvalue weighted by Crippen LogP contribution is -2.19. The Bertz CT molecular complexity index is 979. The van der Waals surface area contributed by atoms with Crippen LogP contribution in [0, 0.1) is 0 Å². The summed E-state index contributed by atoms with van der Waals surface area (Å²) in [5.74, 6) is 0.959. The van der Waals surface area contributed by atoms with E-state index in [0.717, 1.165) is 10.0 Å². The number of amides is 1. The summed E-state index contributed by atoms with van der Waals surface area (Å²) in [5, 5.41) is 3.87. The van der Waals surface area contributed by atoms with Crippen LogP contribution in [0.25, 0.3) is 6.08 Å². The molecule has 0 bridgehead atoms. The van der Waals surface area contributed by atoms with Crippen molar-refractivity contribution in [2.75, 3.05) is 14.2 Å². The van der Waals surface area contributed by atoms with Crippen molar-refractivity contribution in [3.8, 4) is 11.5 Å². The molecule has 0 saturated carbocycles. The first-order chi connectivity index (χ1) is 12.9. The van der Waals surface area contributed by atoms with Gasteiger partial charge >= 0.3 is 0 Å². The van der Waals surface area contributed by atoms with Gasteiger partial charge in [0.05, 0.1) is 39.3 Å². The Balaban J connectivity index is 1.93. The number of carbonyl (C=O) groups excluding carboxylic acids is 1. The number of hydrogen-bond donors (Lipinski definition) is 1. The lowest BCUT2D eigenvalue weighted by Gasteiger charge is -2.10. The molecule has 1 saturated heterocycles. The Morgan fingerprint density at radius 2 is 1.93 bits per heavy atom. The quantitative estimate of drug-likeness (QED) is 0.565. The topological polar surface area (TPSA) is 59.9 Å². The molecule has 1 amide bonds. The van der Waals surface area contributed by atoms with Gasteiger partial charge in [-0.15, -0.1) is 0 Å². The second-order valence-electron chi connectivity index (χ2n) is 5.28. The molecule has 9 heteroatoms. The van der Waals surface area contributed by atoms with Crippen molar-refractivity contribution in [2.45, 2.75) is 0 Å². The fourth-order valence-corrected chi connectivity index (χ4v) is 3.99. The van der Waals surface area contributed by atoms with Crippen molar-refractivity contribution < 1.29 is 14.3 Å². The lowest BCUT2D eigenvalue weighted by atomic mass is 10.1. The first-order valence-electron chi connectivity index (χ1n) is 7.58. The minimum atomic E-state index is -0.258. The summed E-state index contributed by atoms with van der Waals surface area (Å²) in [6, 6.07) is 8.70. The first kappa shape index (κ1) is 20.1. The fourth-order valence-electron chi connectivity index (χ4n) is 2.31. The van der Waals surface area contributed by atoms with E-state index in [-0.39, 0.29) is 5.91 Å². The van der Waals surface area contributed by atoms with E-state index in [1.165, 1.54) is 11.8 Å². The summed E-state index contributed by atoms with van der Waals surface area (Å²) in [7, 11) is 3.13. The Morgan fingerprint density at radius 1 is 1.19 bits per heavy atom. The molecule has 0 atom stereocenters. The van der Waals surface area contributed by atoms with Crippen LogP contribution in [0.4, 0.5) is 5.69 Å². The summed E-state index contributed by atoms with van der Waals surface area (Å²) >= 11 is 16.8. The fraction of sp³-hybridized carbons (Fsp3) is 0.111. The molecule has 0 aliphatic carbocycles. The Labute approximate surface area is 178 Å². The van der Waals surface area contributed by atoms with Crippen molar-refractivity contribution in [3.05, 3.63) is 55.3 Å². The van der Waals surface area contributed by atoms with Gasteiger partial charge in [0.15, 0.2) is 5.17 Å². The molecule has 27 heavy (non-hydrogen) atoms. The zero-order valence-electron chi connectivity index (χ0n) is 14.2. The van der Waals surface area contributed by atoms with Gasteiger partial charge < -0.3 is 14.8 Å². The zero-order valence-corrected chi connectivity index (χ0v) is 18.1.